The molecule has 1 unspecified atom stereocenters. The number of benzene rings is 1. The molecule has 0 heterocycles. The molecule has 0 saturated heterocycles. The molecule has 3 aliphatic carbocycles. The lowest BCUT2D eigenvalue weighted by atomic mass is 9.69. The second-order valence-corrected chi connectivity index (χ2v) is 12.9. The van der Waals surface area contributed by atoms with Gasteiger partial charge in [0.15, 0.2) is 0 Å². The average Bonchev–Trinajstić information content (AvgIpc) is 3.72. The van der Waals surface area contributed by atoms with Crippen molar-refractivity contribution in [3.05, 3.63) is 134 Å². The molecule has 49 heavy (non-hydrogen) atoms. The molecule has 1 nitrogen and oxygen atoms in total. The van der Waals surface area contributed by atoms with E-state index in [2.05, 4.69) is 146 Å². The molecule has 0 aliphatic heterocycles. The summed E-state index contributed by atoms with van der Waals surface area (Å²) >= 11 is 0. The second-order valence-electron chi connectivity index (χ2n) is 12.9. The van der Waals surface area contributed by atoms with E-state index >= 15 is 0 Å². The molecule has 1 aromatic carbocycles. The quantitative estimate of drug-likeness (QED) is 0.212. The Hall–Kier alpha value is -2.90. The highest BCUT2D eigenvalue weighted by Gasteiger charge is 2.31. The lowest BCUT2D eigenvalue weighted by molar-refractivity contribution is 0.171. The van der Waals surface area contributed by atoms with Gasteiger partial charge in [0.05, 0.1) is 0 Å². The van der Waals surface area contributed by atoms with E-state index < -0.39 is 0 Å². The Morgan fingerprint density at radius 2 is 1.51 bits per heavy atom. The fourth-order valence-electron chi connectivity index (χ4n) is 6.12. The van der Waals surface area contributed by atoms with Gasteiger partial charge in [-0.3, -0.25) is 0 Å². The van der Waals surface area contributed by atoms with Crippen molar-refractivity contribution < 1.29 is 0 Å². The number of aryl methyl sites for hydroxylation is 1. The van der Waals surface area contributed by atoms with Crippen LogP contribution in [0.25, 0.3) is 0 Å². The number of hydrogen-bond acceptors (Lipinski definition) is 1. The number of rotatable bonds is 11. The molecule has 0 spiro atoms. The monoisotopic (exact) mass is 672 g/mol. The highest BCUT2D eigenvalue weighted by molar-refractivity contribution is 5.36. The molecule has 1 fully saturated rings. The summed E-state index contributed by atoms with van der Waals surface area (Å²) in [6.07, 6.45) is 29.7. The maximum Gasteiger partial charge on any atom is 0.0230 e. The zero-order valence-electron chi connectivity index (χ0n) is 34.4. The van der Waals surface area contributed by atoms with Crippen LogP contribution >= 0.6 is 0 Å². The molecular formula is C48H81N. The zero-order valence-corrected chi connectivity index (χ0v) is 34.4. The van der Waals surface area contributed by atoms with Crippen molar-refractivity contribution in [3.8, 4) is 0 Å². The Kier molecular flexibility index (Phi) is 34.6. The van der Waals surface area contributed by atoms with Gasteiger partial charge in [0.25, 0.3) is 0 Å². The minimum Gasteiger partial charge on any atom is -0.302 e. The Morgan fingerprint density at radius 1 is 0.939 bits per heavy atom. The molecule has 0 aromatic heterocycles. The third-order valence-corrected chi connectivity index (χ3v) is 9.29. The molecule has 1 heteroatoms. The highest BCUT2D eigenvalue weighted by atomic mass is 15.1. The van der Waals surface area contributed by atoms with E-state index in [4.69, 9.17) is 0 Å². The highest BCUT2D eigenvalue weighted by Crippen LogP contribution is 2.42. The molecule has 1 aromatic rings. The van der Waals surface area contributed by atoms with Crippen molar-refractivity contribution in [1.29, 1.82) is 0 Å². The Labute approximate surface area is 308 Å². The van der Waals surface area contributed by atoms with Crippen molar-refractivity contribution in [2.45, 2.75) is 139 Å². The van der Waals surface area contributed by atoms with Crippen LogP contribution in [-0.4, -0.2) is 18.5 Å². The van der Waals surface area contributed by atoms with Gasteiger partial charge >= 0.3 is 0 Å². The third kappa shape index (κ3) is 23.2. The summed E-state index contributed by atoms with van der Waals surface area (Å²) in [7, 11) is 2.24. The standard InChI is InChI=1S/C20H31N.C12H20.C8H10.2C2H6.2C2H4/c1-5-20(12-10-18(3)11-13-20)14-15-21(4)16-19-8-6-17(2)7-9-19;1-3-8-11(4-2)12-9-6-5-7-10-12;1-7(2)8-5-3-4-6-8;4*1-2/h5-9,18H,1,10-16H2,2-4H3;5-6,9,11H,3-4,7-8,10H2,1-2H3;3-5H,1,6H2,2H3;2*1-2H3;2*1-2H2. The van der Waals surface area contributed by atoms with Crippen molar-refractivity contribution in [3.63, 3.8) is 0 Å². The molecule has 0 bridgehead atoms. The second kappa shape index (κ2) is 33.6. The number of hydrogen-bond donors (Lipinski definition) is 0. The van der Waals surface area contributed by atoms with Crippen LogP contribution in [0.3, 0.4) is 0 Å². The van der Waals surface area contributed by atoms with E-state index in [0.29, 0.717) is 5.41 Å². The first-order valence-corrected chi connectivity index (χ1v) is 19.5. The average molecular weight is 672 g/mol. The predicted molar refractivity (Wildman–Crippen MR) is 229 cm³/mol. The first kappa shape index (κ1) is 50.5. The largest absolute Gasteiger partial charge is 0.302 e. The molecule has 0 N–H and O–H groups in total. The van der Waals surface area contributed by atoms with Crippen LogP contribution in [0.5, 0.6) is 0 Å². The van der Waals surface area contributed by atoms with Gasteiger partial charge in [0.1, 0.15) is 0 Å². The van der Waals surface area contributed by atoms with Crippen LogP contribution in [0, 0.1) is 24.2 Å². The molecule has 0 amide bonds. The lowest BCUT2D eigenvalue weighted by Crippen LogP contribution is -2.30. The van der Waals surface area contributed by atoms with Crippen LogP contribution in [-0.2, 0) is 6.54 Å². The van der Waals surface area contributed by atoms with Gasteiger partial charge in [-0.2, -0.15) is 0 Å². The van der Waals surface area contributed by atoms with Crippen molar-refractivity contribution in [1.82, 2.24) is 4.90 Å². The van der Waals surface area contributed by atoms with Gasteiger partial charge in [-0.1, -0.05) is 145 Å². The maximum atomic E-state index is 4.13. The van der Waals surface area contributed by atoms with E-state index in [1.807, 2.05) is 34.6 Å². The first-order chi connectivity index (χ1) is 23.7. The lowest BCUT2D eigenvalue weighted by Gasteiger charge is -2.38. The molecule has 4 rings (SSSR count). The fourth-order valence-corrected chi connectivity index (χ4v) is 6.12. The van der Waals surface area contributed by atoms with Crippen molar-refractivity contribution >= 4 is 0 Å². The SMILES string of the molecule is C=C.C=C.C=C(C)C1=CC=CC1.C=CC1(CCN(C)Cc2ccc(C)cc2)CCC(C)CC1.CC.CC.CCCC(CC)C1=CC=CCC1. The van der Waals surface area contributed by atoms with Crippen LogP contribution < -0.4 is 0 Å². The fraction of sp³-hybridized carbons (Fsp3) is 0.542. The maximum absolute atomic E-state index is 4.13. The molecule has 0 radical (unpaired) electrons. The van der Waals surface area contributed by atoms with Gasteiger partial charge in [-0.25, -0.2) is 0 Å². The van der Waals surface area contributed by atoms with E-state index in [1.165, 1.54) is 86.5 Å². The molecular weight excluding hydrogens is 591 g/mol. The van der Waals surface area contributed by atoms with Crippen LogP contribution in [0.1, 0.15) is 137 Å². The molecule has 1 atom stereocenters. The van der Waals surface area contributed by atoms with Crippen LogP contribution in [0.4, 0.5) is 0 Å². The topological polar surface area (TPSA) is 3.24 Å². The van der Waals surface area contributed by atoms with E-state index in [1.54, 1.807) is 5.57 Å². The van der Waals surface area contributed by atoms with Crippen molar-refractivity contribution in [2.75, 3.05) is 13.6 Å². The smallest absolute Gasteiger partial charge is 0.0230 e. The van der Waals surface area contributed by atoms with Crippen molar-refractivity contribution in [2.24, 2.45) is 17.3 Å². The van der Waals surface area contributed by atoms with Gasteiger partial charge < -0.3 is 4.90 Å². The molecule has 278 valence electrons. The number of nitrogens with zero attached hydrogens (tertiary/aromatic N) is 1. The van der Waals surface area contributed by atoms with Gasteiger partial charge in [-0.15, -0.1) is 32.9 Å². The summed E-state index contributed by atoms with van der Waals surface area (Å²) in [6, 6.07) is 8.91. The van der Waals surface area contributed by atoms with E-state index in [9.17, 15) is 0 Å². The normalized spacial score (nSPS) is 18.9. The van der Waals surface area contributed by atoms with E-state index in [-0.39, 0.29) is 0 Å². The minimum atomic E-state index is 0.397. The van der Waals surface area contributed by atoms with Crippen LogP contribution in [0.15, 0.2) is 123 Å². The summed E-state index contributed by atoms with van der Waals surface area (Å²) in [5, 5.41) is 0. The van der Waals surface area contributed by atoms with Gasteiger partial charge in [-0.05, 0) is 120 Å². The Balaban J connectivity index is -0.000000640. The Morgan fingerprint density at radius 3 is 1.92 bits per heavy atom. The first-order valence-electron chi connectivity index (χ1n) is 19.5. The minimum absolute atomic E-state index is 0.397. The summed E-state index contributed by atoms with van der Waals surface area (Å²) in [5.41, 5.74) is 7.38. The Bertz CT molecular complexity index is 1050. The summed E-state index contributed by atoms with van der Waals surface area (Å²) < 4.78 is 0. The molecule has 3 aliphatic rings. The summed E-state index contributed by atoms with van der Waals surface area (Å²) in [6.45, 7) is 41.3. The predicted octanol–water partition coefficient (Wildman–Crippen LogP) is 15.4. The summed E-state index contributed by atoms with van der Waals surface area (Å²) in [4.78, 5) is 2.45. The molecule has 1 saturated carbocycles. The third-order valence-electron chi connectivity index (χ3n) is 9.29. The summed E-state index contributed by atoms with van der Waals surface area (Å²) in [5.74, 6) is 1.77. The number of allylic oxidation sites excluding steroid dienone is 10. The van der Waals surface area contributed by atoms with Gasteiger partial charge in [0.2, 0.25) is 0 Å². The van der Waals surface area contributed by atoms with Crippen LogP contribution in [0.2, 0.25) is 0 Å². The van der Waals surface area contributed by atoms with E-state index in [0.717, 1.165) is 31.3 Å². The zero-order chi connectivity index (χ0) is 38.1. The van der Waals surface area contributed by atoms with Gasteiger partial charge in [0, 0.05) is 6.54 Å².